The van der Waals surface area contributed by atoms with E-state index >= 15 is 0 Å². The zero-order valence-electron chi connectivity index (χ0n) is 9.87. The molecule has 0 aliphatic heterocycles. The van der Waals surface area contributed by atoms with Crippen molar-refractivity contribution in [2.24, 2.45) is 34.8 Å². The minimum Gasteiger partial charge on any atom is -0.330 e. The van der Waals surface area contributed by atoms with E-state index in [0.29, 0.717) is 11.3 Å². The summed E-state index contributed by atoms with van der Waals surface area (Å²) in [4.78, 5) is 0. The molecule has 2 fully saturated rings. The third kappa shape index (κ3) is 2.03. The summed E-state index contributed by atoms with van der Waals surface area (Å²) in [6, 6.07) is 2.45. The van der Waals surface area contributed by atoms with Crippen LogP contribution < -0.4 is 5.73 Å². The highest BCUT2D eigenvalue weighted by Crippen LogP contribution is 2.54. The second-order valence-corrected chi connectivity index (χ2v) is 6.29. The van der Waals surface area contributed by atoms with E-state index in [-0.39, 0.29) is 5.92 Å². The molecule has 4 unspecified atom stereocenters. The first-order valence-corrected chi connectivity index (χ1v) is 6.15. The molecule has 0 amide bonds. The molecule has 2 N–H and O–H groups in total. The highest BCUT2D eigenvalue weighted by atomic mass is 14.6. The Morgan fingerprint density at radius 1 is 1.33 bits per heavy atom. The van der Waals surface area contributed by atoms with E-state index in [1.165, 1.54) is 12.8 Å². The second kappa shape index (κ2) is 3.79. The molecule has 2 heteroatoms. The third-order valence-corrected chi connectivity index (χ3v) is 4.47. The minimum absolute atomic E-state index is 0.272. The van der Waals surface area contributed by atoms with Gasteiger partial charge in [0.25, 0.3) is 0 Å². The molecule has 84 valence electrons. The van der Waals surface area contributed by atoms with Crippen LogP contribution in [0.25, 0.3) is 0 Å². The van der Waals surface area contributed by atoms with Gasteiger partial charge in [0.15, 0.2) is 0 Å². The van der Waals surface area contributed by atoms with Crippen molar-refractivity contribution in [1.29, 1.82) is 5.26 Å². The maximum absolute atomic E-state index is 9.06. The van der Waals surface area contributed by atoms with E-state index in [2.05, 4.69) is 19.9 Å². The van der Waals surface area contributed by atoms with E-state index in [1.54, 1.807) is 0 Å². The van der Waals surface area contributed by atoms with E-state index < -0.39 is 0 Å². The summed E-state index contributed by atoms with van der Waals surface area (Å²) >= 11 is 0. The summed E-state index contributed by atoms with van der Waals surface area (Å²) in [5.41, 5.74) is 6.33. The van der Waals surface area contributed by atoms with E-state index in [9.17, 15) is 0 Å². The summed E-state index contributed by atoms with van der Waals surface area (Å²) < 4.78 is 0. The van der Waals surface area contributed by atoms with Crippen LogP contribution in [0.1, 0.15) is 39.5 Å². The Kier molecular flexibility index (Phi) is 2.77. The van der Waals surface area contributed by atoms with Gasteiger partial charge in [0.1, 0.15) is 0 Å². The van der Waals surface area contributed by atoms with Gasteiger partial charge in [0, 0.05) is 5.92 Å². The molecule has 0 radical (unpaired) electrons. The Morgan fingerprint density at radius 3 is 2.67 bits per heavy atom. The lowest BCUT2D eigenvalue weighted by molar-refractivity contribution is 0.158. The quantitative estimate of drug-likeness (QED) is 0.716. The molecule has 2 nitrogen and oxygen atoms in total. The second-order valence-electron chi connectivity index (χ2n) is 6.29. The number of rotatable bonds is 1. The van der Waals surface area contributed by atoms with Crippen LogP contribution in [0.2, 0.25) is 0 Å². The topological polar surface area (TPSA) is 49.8 Å². The van der Waals surface area contributed by atoms with Crippen molar-refractivity contribution in [3.8, 4) is 6.07 Å². The first-order chi connectivity index (χ1) is 7.05. The average Bonchev–Trinajstić information content (AvgIpc) is 2.50. The van der Waals surface area contributed by atoms with Gasteiger partial charge in [-0.2, -0.15) is 5.26 Å². The van der Waals surface area contributed by atoms with Crippen LogP contribution >= 0.6 is 0 Å². The maximum Gasteiger partial charge on any atom is 0.0656 e. The van der Waals surface area contributed by atoms with Crippen molar-refractivity contribution in [3.63, 3.8) is 0 Å². The molecular formula is C13H22N2. The highest BCUT2D eigenvalue weighted by molar-refractivity contribution is 5.00. The van der Waals surface area contributed by atoms with Gasteiger partial charge in [-0.15, -0.1) is 0 Å². The van der Waals surface area contributed by atoms with Gasteiger partial charge in [-0.3, -0.25) is 0 Å². The molecule has 0 aromatic rings. The van der Waals surface area contributed by atoms with Crippen LogP contribution in [0.15, 0.2) is 0 Å². The summed E-state index contributed by atoms with van der Waals surface area (Å²) in [6.07, 6.45) is 4.79. The van der Waals surface area contributed by atoms with Crippen LogP contribution in [0.4, 0.5) is 0 Å². The van der Waals surface area contributed by atoms with Crippen LogP contribution in [0.5, 0.6) is 0 Å². The first kappa shape index (κ1) is 11.0. The minimum atomic E-state index is 0.272. The van der Waals surface area contributed by atoms with E-state index in [4.69, 9.17) is 11.0 Å². The Labute approximate surface area is 92.8 Å². The van der Waals surface area contributed by atoms with Gasteiger partial charge in [-0.05, 0) is 55.4 Å². The Bertz CT molecular complexity index is 277. The molecule has 0 aromatic heterocycles. The lowest BCUT2D eigenvalue weighted by Gasteiger charge is -2.35. The lowest BCUT2D eigenvalue weighted by atomic mass is 9.69. The number of nitrogens with zero attached hydrogens (tertiary/aromatic N) is 1. The largest absolute Gasteiger partial charge is 0.330 e. The summed E-state index contributed by atoms with van der Waals surface area (Å²) in [5.74, 6) is 2.45. The molecule has 2 aliphatic carbocycles. The standard InChI is InChI=1S/C13H22N2/c1-13(2)5-10-3-9(7-14)4-11(8-15)12(10)6-13/h9-12H,3-6,8,15H2,1-2H3. The Morgan fingerprint density at radius 2 is 2.07 bits per heavy atom. The van der Waals surface area contributed by atoms with Gasteiger partial charge in [0.05, 0.1) is 6.07 Å². The van der Waals surface area contributed by atoms with Crippen LogP contribution in [0.3, 0.4) is 0 Å². The predicted octanol–water partition coefficient (Wildman–Crippen LogP) is 2.55. The summed E-state index contributed by atoms with van der Waals surface area (Å²) in [5, 5.41) is 9.06. The lowest BCUT2D eigenvalue weighted by Crippen LogP contribution is -2.33. The van der Waals surface area contributed by atoms with Crippen LogP contribution in [0, 0.1) is 40.4 Å². The SMILES string of the molecule is CC1(C)CC2CC(C#N)CC(CN)C2C1. The first-order valence-electron chi connectivity index (χ1n) is 6.15. The van der Waals surface area contributed by atoms with Gasteiger partial charge in [-0.1, -0.05) is 13.8 Å². The van der Waals surface area contributed by atoms with Crippen molar-refractivity contribution in [3.05, 3.63) is 0 Å². The molecule has 15 heavy (non-hydrogen) atoms. The van der Waals surface area contributed by atoms with E-state index in [1.807, 2.05) is 0 Å². The number of hydrogen-bond donors (Lipinski definition) is 1. The fourth-order valence-electron chi connectivity index (χ4n) is 3.94. The molecule has 2 aliphatic rings. The average molecular weight is 206 g/mol. The van der Waals surface area contributed by atoms with Crippen LogP contribution in [-0.2, 0) is 0 Å². The molecule has 2 saturated carbocycles. The molecule has 0 spiro atoms. The van der Waals surface area contributed by atoms with Crippen molar-refractivity contribution in [2.45, 2.75) is 39.5 Å². The monoisotopic (exact) mass is 206 g/mol. The molecule has 0 heterocycles. The van der Waals surface area contributed by atoms with Gasteiger partial charge >= 0.3 is 0 Å². The molecular weight excluding hydrogens is 184 g/mol. The predicted molar refractivity (Wildman–Crippen MR) is 60.9 cm³/mol. The van der Waals surface area contributed by atoms with Gasteiger partial charge < -0.3 is 5.73 Å². The maximum atomic E-state index is 9.06. The number of nitriles is 1. The Balaban J connectivity index is 2.13. The van der Waals surface area contributed by atoms with Gasteiger partial charge in [-0.25, -0.2) is 0 Å². The third-order valence-electron chi connectivity index (χ3n) is 4.47. The molecule has 4 atom stereocenters. The Hall–Kier alpha value is -0.550. The molecule has 0 bridgehead atoms. The summed E-state index contributed by atoms with van der Waals surface area (Å²) in [6.45, 7) is 5.50. The fraction of sp³-hybridized carbons (Fsp3) is 0.923. The number of fused-ring (bicyclic) bond motifs is 1. The molecule has 0 saturated heterocycles. The van der Waals surface area contributed by atoms with Crippen molar-refractivity contribution in [2.75, 3.05) is 6.54 Å². The van der Waals surface area contributed by atoms with Crippen molar-refractivity contribution < 1.29 is 0 Å². The van der Waals surface area contributed by atoms with Crippen molar-refractivity contribution in [1.82, 2.24) is 0 Å². The molecule has 2 rings (SSSR count). The summed E-state index contributed by atoms with van der Waals surface area (Å²) in [7, 11) is 0. The van der Waals surface area contributed by atoms with E-state index in [0.717, 1.165) is 31.2 Å². The van der Waals surface area contributed by atoms with Crippen molar-refractivity contribution >= 4 is 0 Å². The number of hydrogen-bond acceptors (Lipinski definition) is 2. The normalized spacial score (nSPS) is 43.3. The zero-order valence-corrected chi connectivity index (χ0v) is 9.87. The molecule has 0 aromatic carbocycles. The van der Waals surface area contributed by atoms with Gasteiger partial charge in [0.2, 0.25) is 0 Å². The number of nitrogens with two attached hydrogens (primary N) is 1. The van der Waals surface area contributed by atoms with Crippen LogP contribution in [-0.4, -0.2) is 6.54 Å². The zero-order chi connectivity index (χ0) is 11.1. The fourth-order valence-corrected chi connectivity index (χ4v) is 3.94. The highest BCUT2D eigenvalue weighted by Gasteiger charge is 2.46. The smallest absolute Gasteiger partial charge is 0.0656 e.